The molecule has 2 heteroatoms. The van der Waals surface area contributed by atoms with Gasteiger partial charge in [0.05, 0.1) is 0 Å². The van der Waals surface area contributed by atoms with E-state index in [1.165, 1.54) is 22.8 Å². The Labute approximate surface area is 108 Å². The molecule has 0 saturated heterocycles. The summed E-state index contributed by atoms with van der Waals surface area (Å²) in [6.45, 7) is 6.92. The monoisotopic (exact) mass is 243 g/mol. The maximum absolute atomic E-state index is 13.2. The zero-order valence-electron chi connectivity index (χ0n) is 11.0. The molecule has 2 aromatic rings. The first-order chi connectivity index (χ1) is 8.58. The van der Waals surface area contributed by atoms with E-state index in [4.69, 9.17) is 0 Å². The van der Waals surface area contributed by atoms with Crippen molar-refractivity contribution in [1.29, 1.82) is 0 Å². The van der Waals surface area contributed by atoms with Crippen molar-refractivity contribution in [2.24, 2.45) is 0 Å². The number of halogens is 1. The van der Waals surface area contributed by atoms with Gasteiger partial charge in [0.2, 0.25) is 0 Å². The molecule has 0 atom stereocenters. The maximum Gasteiger partial charge on any atom is 0.125 e. The third-order valence-electron chi connectivity index (χ3n) is 3.39. The molecule has 0 unspecified atom stereocenters. The van der Waals surface area contributed by atoms with Crippen LogP contribution in [0.4, 0.5) is 10.1 Å². The molecular weight excluding hydrogens is 225 g/mol. The summed E-state index contributed by atoms with van der Waals surface area (Å²) in [4.78, 5) is 0. The Morgan fingerprint density at radius 1 is 1.00 bits per heavy atom. The molecule has 0 saturated carbocycles. The van der Waals surface area contributed by atoms with Gasteiger partial charge in [0.25, 0.3) is 0 Å². The average molecular weight is 243 g/mol. The van der Waals surface area contributed by atoms with Crippen LogP contribution in [0.5, 0.6) is 0 Å². The van der Waals surface area contributed by atoms with Crippen LogP contribution in [0.25, 0.3) is 0 Å². The zero-order valence-corrected chi connectivity index (χ0v) is 11.0. The number of nitrogens with one attached hydrogen (secondary N) is 1. The van der Waals surface area contributed by atoms with E-state index in [0.717, 1.165) is 17.8 Å². The van der Waals surface area contributed by atoms with Crippen molar-refractivity contribution >= 4 is 5.69 Å². The molecule has 2 rings (SSSR count). The Bertz CT molecular complexity index is 559. The highest BCUT2D eigenvalue weighted by atomic mass is 19.1. The highest BCUT2D eigenvalue weighted by molar-refractivity contribution is 5.51. The fourth-order valence-electron chi connectivity index (χ4n) is 1.98. The largest absolute Gasteiger partial charge is 0.381 e. The maximum atomic E-state index is 13.2. The minimum Gasteiger partial charge on any atom is -0.381 e. The second-order valence-electron chi connectivity index (χ2n) is 4.67. The lowest BCUT2D eigenvalue weighted by molar-refractivity contribution is 0.628. The van der Waals surface area contributed by atoms with Gasteiger partial charge >= 0.3 is 0 Å². The molecule has 0 bridgehead atoms. The summed E-state index contributed by atoms with van der Waals surface area (Å²) in [5.74, 6) is -0.205. The van der Waals surface area contributed by atoms with Gasteiger partial charge in [-0.3, -0.25) is 0 Å². The van der Waals surface area contributed by atoms with E-state index < -0.39 is 0 Å². The van der Waals surface area contributed by atoms with Gasteiger partial charge in [-0.1, -0.05) is 24.3 Å². The molecule has 0 aromatic heterocycles. The van der Waals surface area contributed by atoms with Crippen LogP contribution in [0.15, 0.2) is 36.4 Å². The predicted molar refractivity (Wildman–Crippen MR) is 74.4 cm³/mol. The predicted octanol–water partition coefficient (Wildman–Crippen LogP) is 4.36. The second-order valence-corrected chi connectivity index (χ2v) is 4.67. The van der Waals surface area contributed by atoms with Crippen LogP contribution in [-0.4, -0.2) is 0 Å². The molecule has 0 aliphatic heterocycles. The van der Waals surface area contributed by atoms with Gasteiger partial charge in [0, 0.05) is 12.2 Å². The SMILES string of the molecule is Cc1ccc(F)cc1NCc1cccc(C)c1C. The molecule has 0 aliphatic carbocycles. The summed E-state index contributed by atoms with van der Waals surface area (Å²) in [6.07, 6.45) is 0. The van der Waals surface area contributed by atoms with Crippen molar-refractivity contribution in [3.05, 3.63) is 64.5 Å². The van der Waals surface area contributed by atoms with Crippen molar-refractivity contribution in [2.75, 3.05) is 5.32 Å². The minimum absolute atomic E-state index is 0.205. The molecule has 0 spiro atoms. The lowest BCUT2D eigenvalue weighted by atomic mass is 10.0. The number of hydrogen-bond acceptors (Lipinski definition) is 1. The number of benzene rings is 2. The van der Waals surface area contributed by atoms with Gasteiger partial charge in [-0.2, -0.15) is 0 Å². The van der Waals surface area contributed by atoms with Gasteiger partial charge in [-0.25, -0.2) is 4.39 Å². The van der Waals surface area contributed by atoms with Crippen molar-refractivity contribution in [3.8, 4) is 0 Å². The molecule has 0 radical (unpaired) electrons. The fourth-order valence-corrected chi connectivity index (χ4v) is 1.98. The Morgan fingerprint density at radius 3 is 2.56 bits per heavy atom. The topological polar surface area (TPSA) is 12.0 Å². The van der Waals surface area contributed by atoms with E-state index in [9.17, 15) is 4.39 Å². The first-order valence-electron chi connectivity index (χ1n) is 6.13. The lowest BCUT2D eigenvalue weighted by Crippen LogP contribution is -2.03. The van der Waals surface area contributed by atoms with Crippen LogP contribution in [0.1, 0.15) is 22.3 Å². The lowest BCUT2D eigenvalue weighted by Gasteiger charge is -2.12. The van der Waals surface area contributed by atoms with E-state index in [1.54, 1.807) is 12.1 Å². The first-order valence-corrected chi connectivity index (χ1v) is 6.13. The molecule has 0 aliphatic rings. The molecule has 2 aromatic carbocycles. The smallest absolute Gasteiger partial charge is 0.125 e. The standard InChI is InChI=1S/C16H18FN/c1-11-5-4-6-14(13(11)3)10-18-16-9-15(17)8-7-12(16)2/h4-9,18H,10H2,1-3H3. The third kappa shape index (κ3) is 2.70. The number of hydrogen-bond donors (Lipinski definition) is 1. The molecule has 1 N–H and O–H groups in total. The second kappa shape index (κ2) is 5.21. The molecule has 0 heterocycles. The molecular formula is C16H18FN. The normalized spacial score (nSPS) is 10.4. The number of aryl methyl sites for hydroxylation is 2. The van der Waals surface area contributed by atoms with E-state index in [-0.39, 0.29) is 5.82 Å². The average Bonchev–Trinajstić information content (AvgIpc) is 2.35. The highest BCUT2D eigenvalue weighted by Gasteiger charge is 2.03. The van der Waals surface area contributed by atoms with Crippen LogP contribution in [0.3, 0.4) is 0 Å². The van der Waals surface area contributed by atoms with E-state index in [2.05, 4.69) is 37.4 Å². The van der Waals surface area contributed by atoms with Crippen LogP contribution >= 0.6 is 0 Å². The minimum atomic E-state index is -0.205. The Hall–Kier alpha value is -1.83. The molecule has 1 nitrogen and oxygen atoms in total. The van der Waals surface area contributed by atoms with Crippen LogP contribution in [-0.2, 0) is 6.54 Å². The zero-order chi connectivity index (χ0) is 13.1. The van der Waals surface area contributed by atoms with E-state index >= 15 is 0 Å². The van der Waals surface area contributed by atoms with Crippen molar-refractivity contribution in [2.45, 2.75) is 27.3 Å². The van der Waals surface area contributed by atoms with Gasteiger partial charge in [-0.05, 0) is 55.2 Å². The van der Waals surface area contributed by atoms with Crippen LogP contribution in [0, 0.1) is 26.6 Å². The third-order valence-corrected chi connectivity index (χ3v) is 3.39. The molecule has 18 heavy (non-hydrogen) atoms. The summed E-state index contributed by atoms with van der Waals surface area (Å²) in [7, 11) is 0. The van der Waals surface area contributed by atoms with Crippen molar-refractivity contribution < 1.29 is 4.39 Å². The Morgan fingerprint density at radius 2 is 1.78 bits per heavy atom. The van der Waals surface area contributed by atoms with Crippen molar-refractivity contribution in [3.63, 3.8) is 0 Å². The molecule has 94 valence electrons. The molecule has 0 amide bonds. The van der Waals surface area contributed by atoms with E-state index in [0.29, 0.717) is 0 Å². The van der Waals surface area contributed by atoms with E-state index in [1.807, 2.05) is 6.92 Å². The first kappa shape index (κ1) is 12.6. The summed E-state index contributed by atoms with van der Waals surface area (Å²) < 4.78 is 13.2. The van der Waals surface area contributed by atoms with Gasteiger partial charge in [0.15, 0.2) is 0 Å². The number of anilines is 1. The summed E-state index contributed by atoms with van der Waals surface area (Å²) in [6, 6.07) is 11.1. The van der Waals surface area contributed by atoms with Gasteiger partial charge < -0.3 is 5.32 Å². The van der Waals surface area contributed by atoms with Crippen LogP contribution in [0.2, 0.25) is 0 Å². The summed E-state index contributed by atoms with van der Waals surface area (Å²) in [5.41, 5.74) is 5.74. The number of rotatable bonds is 3. The van der Waals surface area contributed by atoms with Crippen LogP contribution < -0.4 is 5.32 Å². The van der Waals surface area contributed by atoms with Gasteiger partial charge in [-0.15, -0.1) is 0 Å². The Kier molecular flexibility index (Phi) is 3.66. The quantitative estimate of drug-likeness (QED) is 0.844. The van der Waals surface area contributed by atoms with Crippen molar-refractivity contribution in [1.82, 2.24) is 0 Å². The summed E-state index contributed by atoms with van der Waals surface area (Å²) >= 11 is 0. The highest BCUT2D eigenvalue weighted by Crippen LogP contribution is 2.19. The fraction of sp³-hybridized carbons (Fsp3) is 0.250. The molecule has 0 fully saturated rings. The Balaban J connectivity index is 2.16. The van der Waals surface area contributed by atoms with Gasteiger partial charge in [0.1, 0.15) is 5.82 Å². The summed E-state index contributed by atoms with van der Waals surface area (Å²) in [5, 5.41) is 3.30.